The summed E-state index contributed by atoms with van der Waals surface area (Å²) in [6.45, 7) is 20.0. The molecule has 1 rings (SSSR count). The van der Waals surface area contributed by atoms with E-state index in [0.29, 0.717) is 0 Å². The second kappa shape index (κ2) is 4.24. The van der Waals surface area contributed by atoms with Crippen molar-refractivity contribution in [3.63, 3.8) is 0 Å². The van der Waals surface area contributed by atoms with Crippen LogP contribution in [0.15, 0.2) is 5.10 Å². The molecule has 0 aromatic rings. The van der Waals surface area contributed by atoms with E-state index >= 15 is 0 Å². The molecule has 2 nitrogen and oxygen atoms in total. The van der Waals surface area contributed by atoms with Crippen LogP contribution in [0.1, 0.15) is 48.5 Å². The summed E-state index contributed by atoms with van der Waals surface area (Å²) < 4.78 is 2.25. The molecular weight excluding hydrogens is 260 g/mol. The Bertz CT molecular complexity index is 363. The van der Waals surface area contributed by atoms with Crippen LogP contribution in [0, 0.1) is 10.8 Å². The van der Waals surface area contributed by atoms with E-state index in [1.807, 2.05) is 0 Å². The van der Waals surface area contributed by atoms with Gasteiger partial charge in [-0.1, -0.05) is 53.1 Å². The highest BCUT2D eigenvalue weighted by molar-refractivity contribution is 6.79. The van der Waals surface area contributed by atoms with Crippen molar-refractivity contribution in [1.29, 1.82) is 0 Å². The Kier molecular flexibility index (Phi) is 3.77. The van der Waals surface area contributed by atoms with Gasteiger partial charge in [0.05, 0.1) is 0 Å². The van der Waals surface area contributed by atoms with E-state index in [9.17, 15) is 0 Å². The first-order chi connectivity index (χ1) is 7.72. The molecule has 0 amide bonds. The largest absolute Gasteiger partial charge is 0.305 e. The fraction of sp³-hybridized carbons (Fsp3) is 0.929. The van der Waals surface area contributed by atoms with E-state index in [1.165, 1.54) is 0 Å². The van der Waals surface area contributed by atoms with E-state index in [-0.39, 0.29) is 15.8 Å². The number of nitrogens with zero attached hydrogens (tertiary/aromatic N) is 2. The molecule has 0 radical (unpaired) electrons. The first-order valence-corrected chi connectivity index (χ1v) is 10.3. The Balaban J connectivity index is 3.12. The molecule has 1 fully saturated rings. The van der Waals surface area contributed by atoms with Crippen LogP contribution >= 0.6 is 11.6 Å². The van der Waals surface area contributed by atoms with Crippen LogP contribution in [-0.4, -0.2) is 23.6 Å². The molecule has 1 saturated heterocycles. The van der Waals surface area contributed by atoms with Crippen LogP contribution < -0.4 is 0 Å². The number of hydrogen-bond acceptors (Lipinski definition) is 2. The van der Waals surface area contributed by atoms with E-state index in [0.717, 1.165) is 11.8 Å². The van der Waals surface area contributed by atoms with E-state index in [1.54, 1.807) is 0 Å². The molecule has 4 heteroatoms. The number of alkyl halides is 1. The van der Waals surface area contributed by atoms with E-state index in [4.69, 9.17) is 16.7 Å². The third-order valence-corrected chi connectivity index (χ3v) is 8.29. The fourth-order valence-electron chi connectivity index (χ4n) is 2.21. The predicted octanol–water partition coefficient (Wildman–Crippen LogP) is 4.91. The van der Waals surface area contributed by atoms with Gasteiger partial charge in [0.1, 0.15) is 5.00 Å². The SMILES string of the molecule is C/C(=N\N1C(Cl)(C(C)(C)C)C[Si]1(C)C)C(C)(C)C. The van der Waals surface area contributed by atoms with Crippen molar-refractivity contribution >= 4 is 25.5 Å². The van der Waals surface area contributed by atoms with Gasteiger partial charge in [-0.3, -0.25) is 0 Å². The Labute approximate surface area is 119 Å². The van der Waals surface area contributed by atoms with Gasteiger partial charge in [-0.15, -0.1) is 0 Å². The van der Waals surface area contributed by atoms with Crippen LogP contribution in [0.3, 0.4) is 0 Å². The van der Waals surface area contributed by atoms with Gasteiger partial charge in [0.2, 0.25) is 0 Å². The maximum Gasteiger partial charge on any atom is 0.178 e. The van der Waals surface area contributed by atoms with E-state index < -0.39 is 8.24 Å². The Hall–Kier alpha value is -0.0231. The van der Waals surface area contributed by atoms with Crippen LogP contribution in [-0.2, 0) is 0 Å². The van der Waals surface area contributed by atoms with Gasteiger partial charge in [-0.05, 0) is 25.4 Å². The number of hydrazone groups is 1. The van der Waals surface area contributed by atoms with Crippen molar-refractivity contribution in [3.8, 4) is 0 Å². The van der Waals surface area contributed by atoms with Gasteiger partial charge in [0.15, 0.2) is 8.24 Å². The lowest BCUT2D eigenvalue weighted by atomic mass is 9.87. The first-order valence-electron chi connectivity index (χ1n) is 6.77. The average molecular weight is 289 g/mol. The molecule has 0 N–H and O–H groups in total. The van der Waals surface area contributed by atoms with Gasteiger partial charge in [-0.2, -0.15) is 5.10 Å². The third kappa shape index (κ3) is 2.62. The molecule has 106 valence electrons. The van der Waals surface area contributed by atoms with Crippen LogP contribution in [0.5, 0.6) is 0 Å². The van der Waals surface area contributed by atoms with Gasteiger partial charge < -0.3 is 4.67 Å². The summed E-state index contributed by atoms with van der Waals surface area (Å²) in [5, 5.41) is 4.91. The molecule has 18 heavy (non-hydrogen) atoms. The molecular formula is C14H29ClN2Si. The molecule has 0 aromatic carbocycles. The quantitative estimate of drug-likeness (QED) is 0.290. The Morgan fingerprint density at radius 3 is 1.89 bits per heavy atom. The monoisotopic (exact) mass is 288 g/mol. The van der Waals surface area contributed by atoms with Gasteiger partial charge >= 0.3 is 0 Å². The lowest BCUT2D eigenvalue weighted by Gasteiger charge is -2.63. The normalized spacial score (nSPS) is 29.2. The lowest BCUT2D eigenvalue weighted by Crippen LogP contribution is -2.73. The first kappa shape index (κ1) is 16.0. The second-order valence-electron chi connectivity index (χ2n) is 8.25. The van der Waals surface area contributed by atoms with Crippen molar-refractivity contribution in [1.82, 2.24) is 4.67 Å². The second-order valence-corrected chi connectivity index (χ2v) is 13.3. The number of hydrogen-bond donors (Lipinski definition) is 0. The molecule has 0 spiro atoms. The highest BCUT2D eigenvalue weighted by Gasteiger charge is 2.62. The van der Waals surface area contributed by atoms with Crippen molar-refractivity contribution in [2.24, 2.45) is 15.9 Å². The molecule has 0 aromatic heterocycles. The average Bonchev–Trinajstić information content (AvgIpc) is 2.09. The highest BCUT2D eigenvalue weighted by atomic mass is 35.5. The van der Waals surface area contributed by atoms with Gasteiger partial charge in [0.25, 0.3) is 0 Å². The standard InChI is InChI=1S/C14H29ClN2Si/c1-11(12(2,3)4)16-17-14(15,13(5,6)7)10-18(17,8)9/h10H2,1-9H3/b16-11+. The predicted molar refractivity (Wildman–Crippen MR) is 84.7 cm³/mol. The van der Waals surface area contributed by atoms with Crippen molar-refractivity contribution in [2.75, 3.05) is 0 Å². The molecule has 1 unspecified atom stereocenters. The summed E-state index contributed by atoms with van der Waals surface area (Å²) in [6, 6.07) is 1.10. The Morgan fingerprint density at radius 2 is 1.61 bits per heavy atom. The smallest absolute Gasteiger partial charge is 0.178 e. The summed E-state index contributed by atoms with van der Waals surface area (Å²) in [5.41, 5.74) is 1.31. The molecule has 1 heterocycles. The van der Waals surface area contributed by atoms with Gasteiger partial charge in [0, 0.05) is 17.2 Å². The third-order valence-electron chi connectivity index (χ3n) is 4.06. The summed E-state index contributed by atoms with van der Waals surface area (Å²) >= 11 is 6.88. The van der Waals surface area contributed by atoms with Crippen molar-refractivity contribution in [3.05, 3.63) is 0 Å². The lowest BCUT2D eigenvalue weighted by molar-refractivity contribution is 0.102. The molecule has 0 aliphatic carbocycles. The van der Waals surface area contributed by atoms with Crippen LogP contribution in [0.2, 0.25) is 19.1 Å². The zero-order chi connectivity index (χ0) is 14.6. The molecule has 1 atom stereocenters. The molecule has 1 aliphatic rings. The molecule has 1 aliphatic heterocycles. The summed E-state index contributed by atoms with van der Waals surface area (Å²) in [7, 11) is -1.45. The van der Waals surface area contributed by atoms with Crippen LogP contribution in [0.25, 0.3) is 0 Å². The van der Waals surface area contributed by atoms with E-state index in [2.05, 4.69) is 66.2 Å². The zero-order valence-corrected chi connectivity index (χ0v) is 15.2. The van der Waals surface area contributed by atoms with Crippen LogP contribution in [0.4, 0.5) is 0 Å². The minimum absolute atomic E-state index is 0.0404. The number of halogens is 1. The maximum atomic E-state index is 6.88. The van der Waals surface area contributed by atoms with Crippen molar-refractivity contribution in [2.45, 2.75) is 72.6 Å². The summed E-state index contributed by atoms with van der Waals surface area (Å²) in [4.78, 5) is -0.310. The molecule has 0 bridgehead atoms. The molecule has 0 saturated carbocycles. The zero-order valence-electron chi connectivity index (χ0n) is 13.5. The maximum absolute atomic E-state index is 6.88. The topological polar surface area (TPSA) is 15.6 Å². The number of rotatable bonds is 1. The van der Waals surface area contributed by atoms with Gasteiger partial charge in [-0.25, -0.2) is 0 Å². The summed E-state index contributed by atoms with van der Waals surface area (Å²) in [5.74, 6) is 0. The summed E-state index contributed by atoms with van der Waals surface area (Å²) in [6.07, 6.45) is 0. The minimum atomic E-state index is -1.45. The van der Waals surface area contributed by atoms with Crippen molar-refractivity contribution < 1.29 is 0 Å². The Morgan fingerprint density at radius 1 is 1.17 bits per heavy atom. The highest BCUT2D eigenvalue weighted by Crippen LogP contribution is 2.55. The minimum Gasteiger partial charge on any atom is -0.305 e. The fourth-order valence-corrected chi connectivity index (χ4v) is 7.42.